The number of aryl methyl sites for hydroxylation is 1. The minimum absolute atomic E-state index is 0.000560. The zero-order chi connectivity index (χ0) is 17.3. The Morgan fingerprint density at radius 2 is 1.92 bits per heavy atom. The summed E-state index contributed by atoms with van der Waals surface area (Å²) in [5, 5.41) is 10.2. The first-order valence-corrected chi connectivity index (χ1v) is 8.44. The van der Waals surface area contributed by atoms with Gasteiger partial charge >= 0.3 is 0 Å². The first-order valence-electron chi connectivity index (χ1n) is 7.22. The number of ether oxygens (including phenoxy) is 1. The molecule has 24 heavy (non-hydrogen) atoms. The summed E-state index contributed by atoms with van der Waals surface area (Å²) >= 11 is 6.56. The molecule has 4 nitrogen and oxygen atoms in total. The monoisotopic (exact) mass is 357 g/mol. The number of methoxy groups -OCH3 is 1. The van der Waals surface area contributed by atoms with E-state index in [4.69, 9.17) is 17.0 Å². The van der Waals surface area contributed by atoms with Crippen LogP contribution in [0.5, 0.6) is 11.5 Å². The number of para-hydroxylation sites is 1. The Bertz CT molecular complexity index is 844. The van der Waals surface area contributed by atoms with Gasteiger partial charge in [-0.2, -0.15) is 0 Å². The predicted molar refractivity (Wildman–Crippen MR) is 101 cm³/mol. The van der Waals surface area contributed by atoms with Crippen LogP contribution in [0.25, 0.3) is 6.08 Å². The molecule has 0 aliphatic carbocycles. The van der Waals surface area contributed by atoms with Crippen LogP contribution in [0.15, 0.2) is 47.4 Å². The van der Waals surface area contributed by atoms with Gasteiger partial charge in [0.1, 0.15) is 0 Å². The van der Waals surface area contributed by atoms with E-state index in [1.807, 2.05) is 31.2 Å². The molecule has 0 unspecified atom stereocenters. The Hall–Kier alpha value is -2.31. The molecule has 122 valence electrons. The molecular formula is C18H15NO3S2. The quantitative estimate of drug-likeness (QED) is 0.662. The molecule has 2 aromatic rings. The predicted octanol–water partition coefficient (Wildman–Crippen LogP) is 4.12. The number of hydrogen-bond donors (Lipinski definition) is 1. The minimum atomic E-state index is -0.198. The summed E-state index contributed by atoms with van der Waals surface area (Å²) in [5.41, 5.74) is 2.36. The molecule has 2 aromatic carbocycles. The number of anilines is 1. The van der Waals surface area contributed by atoms with Gasteiger partial charge in [-0.05, 0) is 31.2 Å². The van der Waals surface area contributed by atoms with Crippen molar-refractivity contribution in [3.8, 4) is 11.5 Å². The molecule has 1 aliphatic heterocycles. The van der Waals surface area contributed by atoms with Crippen LogP contribution >= 0.6 is 24.0 Å². The van der Waals surface area contributed by atoms with E-state index in [1.165, 1.54) is 23.8 Å². The Labute approximate surface area is 149 Å². The summed E-state index contributed by atoms with van der Waals surface area (Å²) < 4.78 is 5.56. The molecule has 3 rings (SSSR count). The SMILES string of the molecule is COc1cccc(/C=C2\SC(=S)N(c3ccc(C)cc3)C2=O)c1O. The van der Waals surface area contributed by atoms with Crippen molar-refractivity contribution in [3.05, 3.63) is 58.5 Å². The van der Waals surface area contributed by atoms with E-state index in [2.05, 4.69) is 0 Å². The number of benzene rings is 2. The zero-order valence-corrected chi connectivity index (χ0v) is 14.8. The highest BCUT2D eigenvalue weighted by atomic mass is 32.2. The van der Waals surface area contributed by atoms with Crippen LogP contribution in [0, 0.1) is 6.92 Å². The van der Waals surface area contributed by atoms with Crippen LogP contribution in [0.2, 0.25) is 0 Å². The van der Waals surface area contributed by atoms with Gasteiger partial charge in [0, 0.05) is 5.56 Å². The van der Waals surface area contributed by atoms with Crippen molar-refractivity contribution in [1.82, 2.24) is 0 Å². The van der Waals surface area contributed by atoms with Gasteiger partial charge in [-0.3, -0.25) is 9.69 Å². The maximum Gasteiger partial charge on any atom is 0.270 e. The lowest BCUT2D eigenvalue weighted by Gasteiger charge is -2.14. The van der Waals surface area contributed by atoms with Gasteiger partial charge in [0.05, 0.1) is 17.7 Å². The second-order valence-corrected chi connectivity index (χ2v) is 6.93. The van der Waals surface area contributed by atoms with Crippen LogP contribution in [-0.4, -0.2) is 22.4 Å². The van der Waals surface area contributed by atoms with Gasteiger partial charge < -0.3 is 9.84 Å². The Kier molecular flexibility index (Phi) is 4.59. The Balaban J connectivity index is 1.95. The molecule has 1 heterocycles. The van der Waals surface area contributed by atoms with E-state index >= 15 is 0 Å². The summed E-state index contributed by atoms with van der Waals surface area (Å²) in [6, 6.07) is 12.7. The highest BCUT2D eigenvalue weighted by Crippen LogP contribution is 2.38. The van der Waals surface area contributed by atoms with Gasteiger partial charge in [0.2, 0.25) is 0 Å². The van der Waals surface area contributed by atoms with E-state index < -0.39 is 0 Å². The number of phenols is 1. The highest BCUT2D eigenvalue weighted by Gasteiger charge is 2.33. The fourth-order valence-electron chi connectivity index (χ4n) is 2.35. The number of thioether (sulfide) groups is 1. The number of rotatable bonds is 3. The zero-order valence-electron chi connectivity index (χ0n) is 13.1. The molecule has 0 spiro atoms. The van der Waals surface area contributed by atoms with Gasteiger partial charge in [0.25, 0.3) is 5.91 Å². The minimum Gasteiger partial charge on any atom is -0.504 e. The third kappa shape index (κ3) is 3.02. The summed E-state index contributed by atoms with van der Waals surface area (Å²) in [5.74, 6) is 0.162. The number of aromatic hydroxyl groups is 1. The molecule has 6 heteroatoms. The van der Waals surface area contributed by atoms with Crippen LogP contribution in [0.3, 0.4) is 0 Å². The lowest BCUT2D eigenvalue weighted by atomic mass is 10.1. The summed E-state index contributed by atoms with van der Waals surface area (Å²) in [4.78, 5) is 14.7. The van der Waals surface area contributed by atoms with Crippen molar-refractivity contribution in [2.45, 2.75) is 6.92 Å². The van der Waals surface area contributed by atoms with E-state index in [0.717, 1.165) is 11.3 Å². The van der Waals surface area contributed by atoms with Crippen molar-refractivity contribution in [3.63, 3.8) is 0 Å². The fraction of sp³-hybridized carbons (Fsp3) is 0.111. The lowest BCUT2D eigenvalue weighted by molar-refractivity contribution is -0.113. The first-order chi connectivity index (χ1) is 11.5. The van der Waals surface area contributed by atoms with Crippen LogP contribution in [0.4, 0.5) is 5.69 Å². The lowest BCUT2D eigenvalue weighted by Crippen LogP contribution is -2.27. The largest absolute Gasteiger partial charge is 0.504 e. The number of nitrogens with zero attached hydrogens (tertiary/aromatic N) is 1. The second-order valence-electron chi connectivity index (χ2n) is 5.25. The number of hydrogen-bond acceptors (Lipinski definition) is 5. The summed E-state index contributed by atoms with van der Waals surface area (Å²) in [6.07, 6.45) is 1.63. The van der Waals surface area contributed by atoms with Crippen LogP contribution in [0.1, 0.15) is 11.1 Å². The topological polar surface area (TPSA) is 49.8 Å². The van der Waals surface area contributed by atoms with E-state index in [0.29, 0.717) is 20.5 Å². The molecule has 1 amide bonds. The van der Waals surface area contributed by atoms with Crippen LogP contribution in [-0.2, 0) is 4.79 Å². The van der Waals surface area contributed by atoms with Crippen molar-refractivity contribution in [2.75, 3.05) is 12.0 Å². The van der Waals surface area contributed by atoms with E-state index in [-0.39, 0.29) is 11.7 Å². The van der Waals surface area contributed by atoms with Gasteiger partial charge in [0.15, 0.2) is 15.8 Å². The van der Waals surface area contributed by atoms with Crippen LogP contribution < -0.4 is 9.64 Å². The van der Waals surface area contributed by atoms with Crippen molar-refractivity contribution < 1.29 is 14.6 Å². The average molecular weight is 357 g/mol. The van der Waals surface area contributed by atoms with Crippen molar-refractivity contribution >= 4 is 46.0 Å². The Morgan fingerprint density at radius 3 is 2.58 bits per heavy atom. The number of thiocarbonyl (C=S) groups is 1. The number of carbonyl (C=O) groups is 1. The number of phenolic OH excluding ortho intramolecular Hbond substituents is 1. The molecule has 1 fully saturated rings. The standard InChI is InChI=1S/C18H15NO3S2/c1-11-6-8-13(9-7-11)19-17(21)15(24-18(19)23)10-12-4-3-5-14(22-2)16(12)20/h3-10,20H,1-2H3/b15-10-. The Morgan fingerprint density at radius 1 is 1.21 bits per heavy atom. The molecule has 0 saturated carbocycles. The smallest absolute Gasteiger partial charge is 0.270 e. The van der Waals surface area contributed by atoms with Crippen molar-refractivity contribution in [2.24, 2.45) is 0 Å². The summed E-state index contributed by atoms with van der Waals surface area (Å²) in [6.45, 7) is 1.99. The highest BCUT2D eigenvalue weighted by molar-refractivity contribution is 8.27. The normalized spacial score (nSPS) is 16.1. The van der Waals surface area contributed by atoms with Gasteiger partial charge in [-0.25, -0.2) is 0 Å². The molecule has 1 aliphatic rings. The van der Waals surface area contributed by atoms with E-state index in [9.17, 15) is 9.90 Å². The third-order valence-corrected chi connectivity index (χ3v) is 4.92. The van der Waals surface area contributed by atoms with Crippen molar-refractivity contribution in [1.29, 1.82) is 0 Å². The average Bonchev–Trinajstić information content (AvgIpc) is 2.84. The van der Waals surface area contributed by atoms with E-state index in [1.54, 1.807) is 24.3 Å². The molecule has 1 saturated heterocycles. The first kappa shape index (κ1) is 16.5. The molecular weight excluding hydrogens is 342 g/mol. The molecule has 0 aromatic heterocycles. The molecule has 0 atom stereocenters. The fourth-order valence-corrected chi connectivity index (χ4v) is 3.64. The molecule has 0 bridgehead atoms. The van der Waals surface area contributed by atoms with Gasteiger partial charge in [-0.1, -0.05) is 53.8 Å². The summed E-state index contributed by atoms with van der Waals surface area (Å²) in [7, 11) is 1.48. The maximum atomic E-state index is 12.7. The third-order valence-electron chi connectivity index (χ3n) is 3.62. The second kappa shape index (κ2) is 6.67. The van der Waals surface area contributed by atoms with Gasteiger partial charge in [-0.15, -0.1) is 0 Å². The molecule has 1 N–H and O–H groups in total. The maximum absolute atomic E-state index is 12.7. The molecule has 0 radical (unpaired) electrons. The number of carbonyl (C=O) groups excluding carboxylic acids is 1. The number of amides is 1.